The number of likely N-dealkylation sites (tertiary alicyclic amines) is 1. The Labute approximate surface area is 179 Å². The molecule has 1 aliphatic rings. The van der Waals surface area contributed by atoms with E-state index in [2.05, 4.69) is 0 Å². The Hall–Kier alpha value is -1.53. The second kappa shape index (κ2) is 9.52. The van der Waals surface area contributed by atoms with Gasteiger partial charge in [0.1, 0.15) is 0 Å². The van der Waals surface area contributed by atoms with Gasteiger partial charge in [0.15, 0.2) is 18.3 Å². The summed E-state index contributed by atoms with van der Waals surface area (Å²) >= 11 is 11.9. The van der Waals surface area contributed by atoms with Gasteiger partial charge in [0.25, 0.3) is 0 Å². The number of benzene rings is 2. The molecule has 0 amide bonds. The molecule has 29 heavy (non-hydrogen) atoms. The topological polar surface area (TPSA) is 40.5 Å². The van der Waals surface area contributed by atoms with Crippen molar-refractivity contribution in [2.75, 3.05) is 13.1 Å². The number of carbonyl (C=O) groups excluding carboxylic acids is 1. The summed E-state index contributed by atoms with van der Waals surface area (Å²) in [5, 5.41) is 11.7. The van der Waals surface area contributed by atoms with Gasteiger partial charge in [-0.15, -0.1) is 0 Å². The van der Waals surface area contributed by atoms with E-state index in [9.17, 15) is 18.7 Å². The molecule has 2 aromatic rings. The standard InChI is InChI=1S/C22H23Cl2F2NO2/c23-17-7-6-15(12-18(17)24)14-22(29)8-10-27(11-9-22)20(26)13-19(25)21(28)16-4-2-1-3-5-16/h1-7,12,19-20,29H,8-11,13-14H2. The van der Waals surface area contributed by atoms with E-state index in [1.807, 2.05) is 0 Å². The minimum absolute atomic E-state index is 0.238. The second-order valence-electron chi connectivity index (χ2n) is 7.55. The van der Waals surface area contributed by atoms with Crippen molar-refractivity contribution < 1.29 is 18.7 Å². The van der Waals surface area contributed by atoms with Crippen LogP contribution in [0, 0.1) is 0 Å². The van der Waals surface area contributed by atoms with E-state index in [-0.39, 0.29) is 18.7 Å². The maximum absolute atomic E-state index is 14.6. The Balaban J connectivity index is 1.52. The summed E-state index contributed by atoms with van der Waals surface area (Å²) in [4.78, 5) is 13.6. The third-order valence-corrected chi connectivity index (χ3v) is 6.13. The Morgan fingerprint density at radius 1 is 1.07 bits per heavy atom. The molecule has 0 aromatic heterocycles. The number of carbonyl (C=O) groups is 1. The summed E-state index contributed by atoms with van der Waals surface area (Å²) in [6.45, 7) is 0.566. The Bertz CT molecular complexity index is 842. The molecule has 1 N–H and O–H groups in total. The molecule has 0 aliphatic carbocycles. The molecule has 2 aromatic carbocycles. The van der Waals surface area contributed by atoms with Crippen molar-refractivity contribution >= 4 is 29.0 Å². The zero-order valence-corrected chi connectivity index (χ0v) is 17.3. The molecule has 3 rings (SSSR count). The second-order valence-corrected chi connectivity index (χ2v) is 8.37. The van der Waals surface area contributed by atoms with Crippen LogP contribution in [0.5, 0.6) is 0 Å². The number of piperidine rings is 1. The quantitative estimate of drug-likeness (QED) is 0.469. The predicted octanol–water partition coefficient (Wildman–Crippen LogP) is 5.27. The van der Waals surface area contributed by atoms with E-state index in [0.29, 0.717) is 29.3 Å². The highest BCUT2D eigenvalue weighted by atomic mass is 35.5. The number of Topliss-reactive ketones (excluding diaryl/α,β-unsaturated/α-hetero) is 1. The molecule has 1 saturated heterocycles. The van der Waals surface area contributed by atoms with Gasteiger partial charge in [-0.05, 0) is 30.5 Å². The van der Waals surface area contributed by atoms with Crippen molar-refractivity contribution in [2.45, 2.75) is 43.8 Å². The normalized spacial score (nSPS) is 18.9. The lowest BCUT2D eigenvalue weighted by atomic mass is 9.85. The molecule has 2 atom stereocenters. The van der Waals surface area contributed by atoms with Gasteiger partial charge >= 0.3 is 0 Å². The SMILES string of the molecule is O=C(c1ccccc1)C(F)CC(F)N1CCC(O)(Cc2ccc(Cl)c(Cl)c2)CC1. The summed E-state index contributed by atoms with van der Waals surface area (Å²) in [7, 11) is 0. The van der Waals surface area contributed by atoms with E-state index in [0.717, 1.165) is 5.56 Å². The molecule has 0 bridgehead atoms. The van der Waals surface area contributed by atoms with Gasteiger partial charge in [-0.3, -0.25) is 9.69 Å². The van der Waals surface area contributed by atoms with Crippen LogP contribution in [0.4, 0.5) is 8.78 Å². The first-order valence-electron chi connectivity index (χ1n) is 9.55. The number of hydrogen-bond donors (Lipinski definition) is 1. The van der Waals surface area contributed by atoms with Gasteiger partial charge in [-0.1, -0.05) is 59.6 Å². The first-order chi connectivity index (χ1) is 13.8. The Kier molecular flexibility index (Phi) is 7.28. The molecular weight excluding hydrogens is 419 g/mol. The highest BCUT2D eigenvalue weighted by Crippen LogP contribution is 2.31. The van der Waals surface area contributed by atoms with Crippen LogP contribution in [0.1, 0.15) is 35.2 Å². The lowest BCUT2D eigenvalue weighted by Gasteiger charge is -2.39. The lowest BCUT2D eigenvalue weighted by molar-refractivity contribution is -0.0541. The number of aliphatic hydroxyl groups is 1. The first-order valence-corrected chi connectivity index (χ1v) is 10.3. The van der Waals surface area contributed by atoms with Gasteiger partial charge in [-0.25, -0.2) is 8.78 Å². The van der Waals surface area contributed by atoms with E-state index in [1.165, 1.54) is 17.0 Å². The summed E-state index contributed by atoms with van der Waals surface area (Å²) in [6.07, 6.45) is -2.92. The van der Waals surface area contributed by atoms with Crippen LogP contribution in [-0.4, -0.2) is 46.9 Å². The molecule has 156 valence electrons. The minimum atomic E-state index is -1.90. The predicted molar refractivity (Wildman–Crippen MR) is 111 cm³/mol. The molecule has 0 spiro atoms. The van der Waals surface area contributed by atoms with Crippen LogP contribution >= 0.6 is 23.2 Å². The molecular formula is C22H23Cl2F2NO2. The van der Waals surface area contributed by atoms with Crippen LogP contribution in [0.2, 0.25) is 10.0 Å². The lowest BCUT2D eigenvalue weighted by Crippen LogP contribution is -2.48. The largest absolute Gasteiger partial charge is 0.389 e. The number of hydrogen-bond acceptors (Lipinski definition) is 3. The minimum Gasteiger partial charge on any atom is -0.389 e. The van der Waals surface area contributed by atoms with Crippen molar-refractivity contribution in [3.63, 3.8) is 0 Å². The van der Waals surface area contributed by atoms with Crippen LogP contribution in [0.3, 0.4) is 0 Å². The van der Waals surface area contributed by atoms with Gasteiger partial charge in [-0.2, -0.15) is 0 Å². The van der Waals surface area contributed by atoms with Crippen LogP contribution < -0.4 is 0 Å². The molecule has 1 heterocycles. The average molecular weight is 442 g/mol. The maximum Gasteiger partial charge on any atom is 0.197 e. The number of rotatable bonds is 7. The molecule has 7 heteroatoms. The fourth-order valence-corrected chi connectivity index (χ4v) is 3.96. The zero-order chi connectivity index (χ0) is 21.0. The third-order valence-electron chi connectivity index (χ3n) is 5.39. The van der Waals surface area contributed by atoms with E-state index in [1.54, 1.807) is 36.4 Å². The van der Waals surface area contributed by atoms with Crippen LogP contribution in [0.25, 0.3) is 0 Å². The van der Waals surface area contributed by atoms with Crippen molar-refractivity contribution in [1.29, 1.82) is 0 Å². The van der Waals surface area contributed by atoms with Crippen molar-refractivity contribution in [3.8, 4) is 0 Å². The molecule has 2 unspecified atom stereocenters. The third kappa shape index (κ3) is 5.76. The van der Waals surface area contributed by atoms with Crippen LogP contribution in [0.15, 0.2) is 48.5 Å². The van der Waals surface area contributed by atoms with Crippen molar-refractivity contribution in [3.05, 3.63) is 69.7 Å². The zero-order valence-electron chi connectivity index (χ0n) is 15.8. The summed E-state index contributed by atoms with van der Waals surface area (Å²) in [5.74, 6) is -0.707. The average Bonchev–Trinajstić information content (AvgIpc) is 2.71. The van der Waals surface area contributed by atoms with Gasteiger partial charge in [0.2, 0.25) is 0 Å². The summed E-state index contributed by atoms with van der Waals surface area (Å²) in [5.41, 5.74) is 0.105. The van der Waals surface area contributed by atoms with Gasteiger partial charge in [0, 0.05) is 31.5 Å². The number of halogens is 4. The van der Waals surface area contributed by atoms with Gasteiger partial charge < -0.3 is 5.11 Å². The highest BCUT2D eigenvalue weighted by Gasteiger charge is 2.36. The summed E-state index contributed by atoms with van der Waals surface area (Å²) < 4.78 is 28.9. The van der Waals surface area contributed by atoms with Gasteiger partial charge in [0.05, 0.1) is 15.6 Å². The van der Waals surface area contributed by atoms with Crippen molar-refractivity contribution in [1.82, 2.24) is 4.90 Å². The molecule has 1 aliphatic heterocycles. The molecule has 0 saturated carbocycles. The molecule has 3 nitrogen and oxygen atoms in total. The molecule has 1 fully saturated rings. The smallest absolute Gasteiger partial charge is 0.197 e. The van der Waals surface area contributed by atoms with E-state index in [4.69, 9.17) is 23.2 Å². The highest BCUT2D eigenvalue weighted by molar-refractivity contribution is 6.42. The van der Waals surface area contributed by atoms with E-state index < -0.39 is 30.3 Å². The number of nitrogens with zero attached hydrogens (tertiary/aromatic N) is 1. The van der Waals surface area contributed by atoms with Crippen LogP contribution in [-0.2, 0) is 6.42 Å². The number of ketones is 1. The van der Waals surface area contributed by atoms with Crippen molar-refractivity contribution in [2.24, 2.45) is 0 Å². The first kappa shape index (κ1) is 22.2. The Morgan fingerprint density at radius 3 is 2.34 bits per heavy atom. The number of alkyl halides is 2. The fourth-order valence-electron chi connectivity index (χ4n) is 3.64. The Morgan fingerprint density at radius 2 is 1.72 bits per heavy atom. The monoisotopic (exact) mass is 441 g/mol. The van der Waals surface area contributed by atoms with E-state index >= 15 is 0 Å². The molecule has 0 radical (unpaired) electrons. The maximum atomic E-state index is 14.6. The summed E-state index contributed by atoms with van der Waals surface area (Å²) in [6, 6.07) is 13.3. The fraction of sp³-hybridized carbons (Fsp3) is 0.409.